The number of carboxylic acid groups (broad SMARTS) is 2. The second-order valence-corrected chi connectivity index (χ2v) is 3.72. The number of rotatable bonds is 5. The summed E-state index contributed by atoms with van der Waals surface area (Å²) in [5.41, 5.74) is 1.07. The van der Waals surface area contributed by atoms with Gasteiger partial charge >= 0.3 is 11.9 Å². The fourth-order valence-corrected chi connectivity index (χ4v) is 1.42. The number of hydrogen-bond donors (Lipinski definition) is 3. The fraction of sp³-hybridized carbons (Fsp3) is 0.0833. The Morgan fingerprint density at radius 2 is 1.89 bits per heavy atom. The van der Waals surface area contributed by atoms with Gasteiger partial charge in [0.05, 0.1) is 17.7 Å². The highest BCUT2D eigenvalue weighted by Gasteiger charge is 2.08. The molecule has 0 aliphatic rings. The third kappa shape index (κ3) is 3.32. The van der Waals surface area contributed by atoms with Gasteiger partial charge < -0.3 is 19.9 Å². The maximum absolute atomic E-state index is 10.7. The first-order valence-electron chi connectivity index (χ1n) is 5.31. The van der Waals surface area contributed by atoms with Gasteiger partial charge in [-0.15, -0.1) is 0 Å². The minimum atomic E-state index is -1.01. The lowest BCUT2D eigenvalue weighted by molar-refractivity contribution is -0.136. The van der Waals surface area contributed by atoms with Gasteiger partial charge in [-0.1, -0.05) is 0 Å². The van der Waals surface area contributed by atoms with Crippen LogP contribution in [0.25, 0.3) is 0 Å². The molecule has 0 aliphatic carbocycles. The average Bonchev–Trinajstić information content (AvgIpc) is 2.76. The molecule has 19 heavy (non-hydrogen) atoms. The van der Waals surface area contributed by atoms with Gasteiger partial charge in [-0.3, -0.25) is 4.79 Å². The lowest BCUT2D eigenvalue weighted by atomic mass is 10.2. The van der Waals surface area contributed by atoms with Crippen LogP contribution in [0, 0.1) is 0 Å². The molecule has 1 heterocycles. The Hall–Kier alpha value is -2.83. The number of hydrogen-bond acceptors (Lipinski definition) is 5. The summed E-state index contributed by atoms with van der Waals surface area (Å²) in [7, 11) is 0. The van der Waals surface area contributed by atoms with E-state index in [0.717, 1.165) is 0 Å². The second kappa shape index (κ2) is 5.21. The van der Waals surface area contributed by atoms with Crippen LogP contribution in [0.4, 0.5) is 11.7 Å². The molecule has 2 rings (SSSR count). The number of aliphatic carboxylic acids is 1. The minimum Gasteiger partial charge on any atom is -0.481 e. The molecule has 0 spiro atoms. The molecule has 0 amide bonds. The Morgan fingerprint density at radius 3 is 2.47 bits per heavy atom. The van der Waals surface area contributed by atoms with Gasteiger partial charge in [0.2, 0.25) is 0 Å². The van der Waals surface area contributed by atoms with E-state index < -0.39 is 11.9 Å². The summed E-state index contributed by atoms with van der Waals surface area (Å²) in [6, 6.07) is 6.14. The van der Waals surface area contributed by atoms with Crippen LogP contribution in [0.15, 0.2) is 34.9 Å². The Bertz CT molecular complexity index is 603. The molecule has 0 fully saturated rings. The summed E-state index contributed by atoms with van der Waals surface area (Å²) >= 11 is 0. The second-order valence-electron chi connectivity index (χ2n) is 3.72. The van der Waals surface area contributed by atoms with E-state index in [1.807, 2.05) is 0 Å². The number of nitrogens with zero attached hydrogens (tertiary/aromatic N) is 1. The van der Waals surface area contributed by atoms with E-state index in [0.29, 0.717) is 11.4 Å². The summed E-state index contributed by atoms with van der Waals surface area (Å²) < 4.78 is 5.05. The molecule has 0 unspecified atom stereocenters. The van der Waals surface area contributed by atoms with Gasteiger partial charge in [0.1, 0.15) is 6.26 Å². The predicted octanol–water partition coefficient (Wildman–Crippen LogP) is 1.74. The lowest BCUT2D eigenvalue weighted by Crippen LogP contribution is -2.00. The molecule has 0 bridgehead atoms. The highest BCUT2D eigenvalue weighted by atomic mass is 16.4. The van der Waals surface area contributed by atoms with E-state index in [1.165, 1.54) is 18.4 Å². The van der Waals surface area contributed by atoms with Gasteiger partial charge in [-0.05, 0) is 24.3 Å². The molecule has 7 heteroatoms. The maximum atomic E-state index is 10.7. The molecule has 98 valence electrons. The van der Waals surface area contributed by atoms with E-state index in [2.05, 4.69) is 10.3 Å². The number of anilines is 2. The number of aromatic nitrogens is 1. The molecule has 7 nitrogen and oxygen atoms in total. The Morgan fingerprint density at radius 1 is 1.21 bits per heavy atom. The number of aromatic carboxylic acids is 1. The monoisotopic (exact) mass is 262 g/mol. The normalized spacial score (nSPS) is 10.1. The Labute approximate surface area is 107 Å². The van der Waals surface area contributed by atoms with E-state index in [4.69, 9.17) is 14.6 Å². The molecule has 0 saturated carbocycles. The van der Waals surface area contributed by atoms with Gasteiger partial charge in [0.25, 0.3) is 6.01 Å². The van der Waals surface area contributed by atoms with Crippen LogP contribution in [-0.4, -0.2) is 27.1 Å². The van der Waals surface area contributed by atoms with Crippen molar-refractivity contribution < 1.29 is 24.2 Å². The molecular weight excluding hydrogens is 252 g/mol. The third-order valence-corrected chi connectivity index (χ3v) is 2.27. The smallest absolute Gasteiger partial charge is 0.335 e. The van der Waals surface area contributed by atoms with Crippen LogP contribution in [0.2, 0.25) is 0 Å². The SMILES string of the molecule is O=C(O)Cc1coc(Nc2ccc(C(=O)O)cc2)n1. The van der Waals surface area contributed by atoms with Crippen LogP contribution < -0.4 is 5.32 Å². The van der Waals surface area contributed by atoms with Gasteiger partial charge in [-0.25, -0.2) is 4.79 Å². The molecule has 3 N–H and O–H groups in total. The molecule has 2 aromatic rings. The topological polar surface area (TPSA) is 113 Å². The molecule has 0 aliphatic heterocycles. The maximum Gasteiger partial charge on any atom is 0.335 e. The van der Waals surface area contributed by atoms with Crippen molar-refractivity contribution in [3.63, 3.8) is 0 Å². The summed E-state index contributed by atoms with van der Waals surface area (Å²) in [5, 5.41) is 20.1. The molecule has 0 saturated heterocycles. The minimum absolute atomic E-state index is 0.152. The molecule has 1 aromatic carbocycles. The number of benzene rings is 1. The molecule has 0 radical (unpaired) electrons. The number of carbonyl (C=O) groups is 2. The van der Waals surface area contributed by atoms with Crippen molar-refractivity contribution >= 4 is 23.6 Å². The molecule has 1 aromatic heterocycles. The van der Waals surface area contributed by atoms with Crippen molar-refractivity contribution in [1.29, 1.82) is 0 Å². The van der Waals surface area contributed by atoms with Crippen LogP contribution in [0.1, 0.15) is 16.1 Å². The van der Waals surface area contributed by atoms with E-state index in [1.54, 1.807) is 12.1 Å². The standard InChI is InChI=1S/C12H10N2O5/c15-10(16)5-9-6-19-12(14-9)13-8-3-1-7(2-4-8)11(17)18/h1-4,6H,5H2,(H,13,14)(H,15,16)(H,17,18). The van der Waals surface area contributed by atoms with E-state index >= 15 is 0 Å². The van der Waals surface area contributed by atoms with Crippen LogP contribution >= 0.6 is 0 Å². The largest absolute Gasteiger partial charge is 0.481 e. The average molecular weight is 262 g/mol. The van der Waals surface area contributed by atoms with Crippen molar-refractivity contribution in [2.75, 3.05) is 5.32 Å². The number of nitrogens with one attached hydrogen (secondary N) is 1. The summed E-state index contributed by atoms with van der Waals surface area (Å²) in [5.74, 6) is -2.00. The first kappa shape index (κ1) is 12.6. The van der Waals surface area contributed by atoms with E-state index in [-0.39, 0.29) is 18.0 Å². The van der Waals surface area contributed by atoms with Crippen molar-refractivity contribution in [3.8, 4) is 0 Å². The van der Waals surface area contributed by atoms with Gasteiger partial charge in [-0.2, -0.15) is 4.98 Å². The highest BCUT2D eigenvalue weighted by molar-refractivity contribution is 5.88. The fourth-order valence-electron chi connectivity index (χ4n) is 1.42. The van der Waals surface area contributed by atoms with Crippen LogP contribution in [0.3, 0.4) is 0 Å². The van der Waals surface area contributed by atoms with Crippen molar-refractivity contribution in [3.05, 3.63) is 41.8 Å². The third-order valence-electron chi connectivity index (χ3n) is 2.27. The first-order chi connectivity index (χ1) is 9.04. The summed E-state index contributed by atoms with van der Waals surface area (Å²) in [6.07, 6.45) is 1.03. The zero-order chi connectivity index (χ0) is 13.8. The molecule has 0 atom stereocenters. The van der Waals surface area contributed by atoms with Crippen LogP contribution in [0.5, 0.6) is 0 Å². The van der Waals surface area contributed by atoms with Gasteiger partial charge in [0, 0.05) is 5.69 Å². The first-order valence-corrected chi connectivity index (χ1v) is 5.31. The highest BCUT2D eigenvalue weighted by Crippen LogP contribution is 2.17. The Kier molecular flexibility index (Phi) is 3.46. The quantitative estimate of drug-likeness (QED) is 0.752. The van der Waals surface area contributed by atoms with E-state index in [9.17, 15) is 9.59 Å². The summed E-state index contributed by atoms with van der Waals surface area (Å²) in [4.78, 5) is 25.1. The lowest BCUT2D eigenvalue weighted by Gasteiger charge is -2.01. The van der Waals surface area contributed by atoms with Crippen LogP contribution in [-0.2, 0) is 11.2 Å². The number of carboxylic acids is 2. The Balaban J connectivity index is 2.06. The predicted molar refractivity (Wildman–Crippen MR) is 64.5 cm³/mol. The molecular formula is C12H10N2O5. The van der Waals surface area contributed by atoms with Gasteiger partial charge in [0.15, 0.2) is 0 Å². The zero-order valence-electron chi connectivity index (χ0n) is 9.66. The van der Waals surface area contributed by atoms with Crippen molar-refractivity contribution in [1.82, 2.24) is 4.98 Å². The summed E-state index contributed by atoms with van der Waals surface area (Å²) in [6.45, 7) is 0. The van der Waals surface area contributed by atoms with Crippen molar-refractivity contribution in [2.24, 2.45) is 0 Å². The number of oxazole rings is 1. The van der Waals surface area contributed by atoms with Crippen molar-refractivity contribution in [2.45, 2.75) is 6.42 Å². The zero-order valence-corrected chi connectivity index (χ0v) is 9.66.